The first-order valence-electron chi connectivity index (χ1n) is 4.67. The van der Waals surface area contributed by atoms with E-state index in [0.717, 1.165) is 6.92 Å². The van der Waals surface area contributed by atoms with Gasteiger partial charge < -0.3 is 34.8 Å². The lowest BCUT2D eigenvalue weighted by molar-refractivity contribution is -0.131. The molecular weight excluding hydrogens is 310 g/mol. The van der Waals surface area contributed by atoms with E-state index in [1.54, 1.807) is 0 Å². The number of hydrogen-bond acceptors (Lipinski definition) is 8. The Morgan fingerprint density at radius 2 is 1.53 bits per heavy atom. The molecule has 0 aromatic heterocycles. The normalized spacial score (nSPS) is 22.1. The van der Waals surface area contributed by atoms with Crippen molar-refractivity contribution in [1.29, 1.82) is 0 Å². The fourth-order valence-electron chi connectivity index (χ4n) is 0.955. The maximum Gasteiger partial charge on any atom is 0.481 e. The molecule has 0 aromatic carbocycles. The third-order valence-corrected chi connectivity index (χ3v) is 3.97. The van der Waals surface area contributed by atoms with E-state index in [4.69, 9.17) is 19.8 Å². The number of aliphatic hydroxyl groups excluding tert-OH is 3. The summed E-state index contributed by atoms with van der Waals surface area (Å²) in [5, 5.41) is 27.5. The monoisotopic (exact) mass is 324 g/mol. The maximum atomic E-state index is 11.1. The molecule has 19 heavy (non-hydrogen) atoms. The van der Waals surface area contributed by atoms with Gasteiger partial charge in [-0.2, -0.15) is 4.31 Å². The van der Waals surface area contributed by atoms with Gasteiger partial charge in [-0.1, -0.05) is 0 Å². The molecule has 13 heteroatoms. The number of aldehydes is 1. The van der Waals surface area contributed by atoms with Gasteiger partial charge in [-0.3, -0.25) is 4.52 Å². The molecule has 6 N–H and O–H groups in total. The van der Waals surface area contributed by atoms with Crippen molar-refractivity contribution in [2.75, 3.05) is 0 Å². The number of carbonyl (C=O) groups is 1. The van der Waals surface area contributed by atoms with E-state index in [9.17, 15) is 24.1 Å². The third kappa shape index (κ3) is 7.23. The van der Waals surface area contributed by atoms with Crippen LogP contribution in [0, 0.1) is 0 Å². The van der Waals surface area contributed by atoms with Gasteiger partial charge in [-0.05, 0) is 6.92 Å². The van der Waals surface area contributed by atoms with Crippen LogP contribution in [-0.4, -0.2) is 60.7 Å². The van der Waals surface area contributed by atoms with Gasteiger partial charge in [0, 0.05) is 0 Å². The Morgan fingerprint density at radius 3 is 1.84 bits per heavy atom. The lowest BCUT2D eigenvalue weighted by Gasteiger charge is -2.25. The first kappa shape index (κ1) is 18.8. The standard InChI is InChI=1S/C6H14O11P2/c1-3(8)5(9)6(10)4(2-7)16-19(14,15)17-18(11,12)13/h2-6,8-10H,1H3,(H,14,15)(H2,11,12,13)/t3-,4-,5-,6-/m0/s1. The highest BCUT2D eigenvalue weighted by Gasteiger charge is 2.39. The number of rotatable bonds is 8. The zero-order chi connectivity index (χ0) is 15.4. The molecule has 0 aliphatic heterocycles. The van der Waals surface area contributed by atoms with Crippen LogP contribution >= 0.6 is 15.6 Å². The number of hydrogen-bond donors (Lipinski definition) is 6. The van der Waals surface area contributed by atoms with Crippen LogP contribution in [0.15, 0.2) is 0 Å². The second kappa shape index (κ2) is 7.00. The summed E-state index contributed by atoms with van der Waals surface area (Å²) in [5.74, 6) is 0. The van der Waals surface area contributed by atoms with E-state index >= 15 is 0 Å². The lowest BCUT2D eigenvalue weighted by Crippen LogP contribution is -2.44. The van der Waals surface area contributed by atoms with Crippen molar-refractivity contribution in [3.05, 3.63) is 0 Å². The Labute approximate surface area is 107 Å². The van der Waals surface area contributed by atoms with E-state index in [1.807, 2.05) is 0 Å². The van der Waals surface area contributed by atoms with Gasteiger partial charge in [0.15, 0.2) is 12.4 Å². The summed E-state index contributed by atoms with van der Waals surface area (Å²) in [4.78, 5) is 36.1. The molecular formula is C6H14O11P2. The summed E-state index contributed by atoms with van der Waals surface area (Å²) in [7, 11) is -10.7. The average Bonchev–Trinajstić information content (AvgIpc) is 2.20. The Balaban J connectivity index is 4.86. The van der Waals surface area contributed by atoms with Crippen LogP contribution in [0.5, 0.6) is 0 Å². The second-order valence-electron chi connectivity index (χ2n) is 3.47. The molecule has 114 valence electrons. The van der Waals surface area contributed by atoms with E-state index in [1.165, 1.54) is 0 Å². The van der Waals surface area contributed by atoms with Crippen LogP contribution in [0.4, 0.5) is 0 Å². The van der Waals surface area contributed by atoms with Crippen LogP contribution in [-0.2, 0) is 22.8 Å². The van der Waals surface area contributed by atoms with Crippen molar-refractivity contribution in [2.45, 2.75) is 31.3 Å². The SMILES string of the molecule is C[C@H](O)[C@H](O)[C@@H](O)[C@H](C=O)OP(=O)(O)OP(=O)(O)O. The quantitative estimate of drug-likeness (QED) is 0.211. The maximum absolute atomic E-state index is 11.1. The summed E-state index contributed by atoms with van der Waals surface area (Å²) < 4.78 is 28.8. The van der Waals surface area contributed by atoms with Gasteiger partial charge in [0.2, 0.25) is 0 Å². The fraction of sp³-hybridized carbons (Fsp3) is 0.833. The highest BCUT2D eigenvalue weighted by atomic mass is 31.3. The van der Waals surface area contributed by atoms with E-state index in [0.29, 0.717) is 0 Å². The highest BCUT2D eigenvalue weighted by molar-refractivity contribution is 7.60. The van der Waals surface area contributed by atoms with Gasteiger partial charge >= 0.3 is 15.6 Å². The molecule has 5 atom stereocenters. The van der Waals surface area contributed by atoms with Crippen LogP contribution in [0.2, 0.25) is 0 Å². The molecule has 0 aliphatic rings. The zero-order valence-electron chi connectivity index (χ0n) is 9.51. The van der Waals surface area contributed by atoms with Crippen LogP contribution in [0.25, 0.3) is 0 Å². The van der Waals surface area contributed by atoms with Crippen molar-refractivity contribution in [2.24, 2.45) is 0 Å². The van der Waals surface area contributed by atoms with Gasteiger partial charge in [-0.15, -0.1) is 0 Å². The summed E-state index contributed by atoms with van der Waals surface area (Å²) >= 11 is 0. The van der Waals surface area contributed by atoms with Gasteiger partial charge in [0.25, 0.3) is 0 Å². The molecule has 0 aliphatic carbocycles. The van der Waals surface area contributed by atoms with E-state index in [-0.39, 0.29) is 6.29 Å². The smallest absolute Gasteiger partial charge is 0.391 e. The summed E-state index contributed by atoms with van der Waals surface area (Å²) in [5.41, 5.74) is 0. The Kier molecular flexibility index (Phi) is 6.93. The fourth-order valence-corrected chi connectivity index (χ4v) is 2.67. The van der Waals surface area contributed by atoms with E-state index in [2.05, 4.69) is 8.83 Å². The number of aliphatic hydroxyl groups is 3. The molecule has 0 amide bonds. The molecule has 0 aromatic rings. The Hall–Kier alpha value is -0.190. The highest BCUT2D eigenvalue weighted by Crippen LogP contribution is 2.58. The molecule has 1 unspecified atom stereocenters. The predicted molar refractivity (Wildman–Crippen MR) is 57.6 cm³/mol. The molecule has 0 radical (unpaired) electrons. The minimum atomic E-state index is -5.37. The summed E-state index contributed by atoms with van der Waals surface area (Å²) in [6.45, 7) is 1.06. The second-order valence-corrected chi connectivity index (χ2v) is 6.25. The minimum absolute atomic E-state index is 0.206. The minimum Gasteiger partial charge on any atom is -0.391 e. The summed E-state index contributed by atoms with van der Waals surface area (Å²) in [6.07, 6.45) is -7.86. The molecule has 11 nitrogen and oxygen atoms in total. The number of phosphoric ester groups is 1. The number of carbonyl (C=O) groups excluding carboxylic acids is 1. The molecule has 0 bridgehead atoms. The van der Waals surface area contributed by atoms with Gasteiger partial charge in [0.1, 0.15) is 12.2 Å². The topological polar surface area (TPSA) is 191 Å². The first-order chi connectivity index (χ1) is 8.39. The molecule has 0 fully saturated rings. The average molecular weight is 324 g/mol. The Morgan fingerprint density at radius 1 is 1.05 bits per heavy atom. The third-order valence-electron chi connectivity index (χ3n) is 1.78. The Bertz CT molecular complexity index is 389. The van der Waals surface area contributed by atoms with Crippen molar-refractivity contribution in [3.63, 3.8) is 0 Å². The van der Waals surface area contributed by atoms with Crippen molar-refractivity contribution in [1.82, 2.24) is 0 Å². The molecule has 0 rings (SSSR count). The van der Waals surface area contributed by atoms with Gasteiger partial charge in [-0.25, -0.2) is 9.13 Å². The van der Waals surface area contributed by atoms with Crippen LogP contribution in [0.3, 0.4) is 0 Å². The lowest BCUT2D eigenvalue weighted by atomic mass is 10.1. The molecule has 0 saturated heterocycles. The van der Waals surface area contributed by atoms with Crippen LogP contribution in [0.1, 0.15) is 6.92 Å². The van der Waals surface area contributed by atoms with E-state index < -0.39 is 40.1 Å². The van der Waals surface area contributed by atoms with Crippen LogP contribution < -0.4 is 0 Å². The predicted octanol–water partition coefficient (Wildman–Crippen LogP) is -2.12. The first-order valence-corrected chi connectivity index (χ1v) is 7.70. The largest absolute Gasteiger partial charge is 0.481 e. The van der Waals surface area contributed by atoms with Crippen molar-refractivity contribution in [3.8, 4) is 0 Å². The number of phosphoric acid groups is 2. The summed E-state index contributed by atoms with van der Waals surface area (Å²) in [6, 6.07) is 0. The zero-order valence-corrected chi connectivity index (χ0v) is 11.3. The molecule has 0 heterocycles. The molecule has 0 saturated carbocycles. The van der Waals surface area contributed by atoms with Crippen molar-refractivity contribution >= 4 is 21.9 Å². The van der Waals surface area contributed by atoms with Gasteiger partial charge in [0.05, 0.1) is 6.10 Å². The van der Waals surface area contributed by atoms with Crippen molar-refractivity contribution < 1.29 is 52.8 Å². The molecule has 0 spiro atoms.